The van der Waals surface area contributed by atoms with E-state index in [9.17, 15) is 4.79 Å². The monoisotopic (exact) mass is 279 g/mol. The molecule has 0 saturated carbocycles. The fourth-order valence-corrected chi connectivity index (χ4v) is 1.99. The second kappa shape index (κ2) is 6.75. The van der Waals surface area contributed by atoms with Crippen molar-refractivity contribution in [2.45, 2.75) is 46.1 Å². The summed E-state index contributed by atoms with van der Waals surface area (Å²) in [7, 11) is 0. The lowest BCUT2D eigenvalue weighted by molar-refractivity contribution is -0.143. The molecule has 1 rings (SSSR count). The van der Waals surface area contributed by atoms with Gasteiger partial charge < -0.3 is 9.84 Å². The van der Waals surface area contributed by atoms with Gasteiger partial charge in [-0.3, -0.25) is 10.1 Å². The van der Waals surface area contributed by atoms with Crippen LogP contribution in [0.25, 0.3) is 0 Å². The molecule has 0 aliphatic carbocycles. The van der Waals surface area contributed by atoms with E-state index >= 15 is 0 Å². The molecule has 2 N–H and O–H groups in total. The number of ether oxygens (including phenoxy) is 1. The molecule has 0 amide bonds. The second-order valence-electron chi connectivity index (χ2n) is 5.88. The zero-order chi connectivity index (χ0) is 15.3. The number of hydrogen-bond donors (Lipinski definition) is 2. The topological polar surface area (TPSA) is 58.6 Å². The quantitative estimate of drug-likeness (QED) is 0.753. The Morgan fingerprint density at radius 2 is 2.05 bits per heavy atom. The molecule has 4 nitrogen and oxygen atoms in total. The Labute approximate surface area is 121 Å². The molecule has 0 unspecified atom stereocenters. The number of aryl methyl sites for hydroxylation is 1. The number of carbonyl (C=O) groups is 1. The van der Waals surface area contributed by atoms with Gasteiger partial charge in [-0.15, -0.1) is 0 Å². The number of aliphatic carboxylic acids is 1. The number of benzene rings is 1. The third kappa shape index (κ3) is 4.53. The van der Waals surface area contributed by atoms with E-state index in [0.717, 1.165) is 5.75 Å². The molecule has 0 aliphatic heterocycles. The Bertz CT molecular complexity index is 467. The van der Waals surface area contributed by atoms with Crippen molar-refractivity contribution < 1.29 is 14.6 Å². The Morgan fingerprint density at radius 1 is 1.40 bits per heavy atom. The molecule has 112 valence electrons. The Balaban J connectivity index is 2.47. The first-order valence-electron chi connectivity index (χ1n) is 6.96. The number of hydrogen-bond acceptors (Lipinski definition) is 3. The van der Waals surface area contributed by atoms with E-state index in [1.807, 2.05) is 12.1 Å². The van der Waals surface area contributed by atoms with E-state index in [4.69, 9.17) is 9.84 Å². The van der Waals surface area contributed by atoms with Gasteiger partial charge in [0.15, 0.2) is 0 Å². The van der Waals surface area contributed by atoms with E-state index in [0.29, 0.717) is 19.1 Å². The summed E-state index contributed by atoms with van der Waals surface area (Å²) in [4.78, 5) is 10.9. The van der Waals surface area contributed by atoms with Crippen LogP contribution >= 0.6 is 0 Å². The molecule has 0 aliphatic rings. The van der Waals surface area contributed by atoms with Crippen molar-refractivity contribution in [2.24, 2.45) is 0 Å². The molecule has 20 heavy (non-hydrogen) atoms. The Morgan fingerprint density at radius 3 is 2.55 bits per heavy atom. The molecular weight excluding hydrogens is 254 g/mol. The van der Waals surface area contributed by atoms with Crippen LogP contribution in [0.4, 0.5) is 0 Å². The zero-order valence-corrected chi connectivity index (χ0v) is 13.0. The maximum Gasteiger partial charge on any atom is 0.323 e. The summed E-state index contributed by atoms with van der Waals surface area (Å²) < 4.78 is 5.64. The van der Waals surface area contributed by atoms with Gasteiger partial charge in [0, 0.05) is 6.54 Å². The maximum atomic E-state index is 10.9. The van der Waals surface area contributed by atoms with E-state index in [1.54, 1.807) is 13.8 Å². The minimum absolute atomic E-state index is 0.442. The lowest BCUT2D eigenvalue weighted by Gasteiger charge is -2.21. The second-order valence-corrected chi connectivity index (χ2v) is 5.88. The predicted octanol–water partition coefficient (Wildman–Crippen LogP) is 2.95. The molecule has 0 radical (unpaired) electrons. The van der Waals surface area contributed by atoms with Crippen LogP contribution in [0.3, 0.4) is 0 Å². The Kier molecular flexibility index (Phi) is 5.57. The van der Waals surface area contributed by atoms with Gasteiger partial charge in [-0.1, -0.05) is 19.9 Å². The summed E-state index contributed by atoms with van der Waals surface area (Å²) in [6.45, 7) is 10.6. The van der Waals surface area contributed by atoms with Gasteiger partial charge in [-0.25, -0.2) is 0 Å². The van der Waals surface area contributed by atoms with Crippen LogP contribution in [0.2, 0.25) is 0 Å². The van der Waals surface area contributed by atoms with Crippen molar-refractivity contribution >= 4 is 5.97 Å². The average molecular weight is 279 g/mol. The van der Waals surface area contributed by atoms with Gasteiger partial charge in [-0.05, 0) is 49.9 Å². The van der Waals surface area contributed by atoms with Gasteiger partial charge >= 0.3 is 5.97 Å². The molecular formula is C16H25NO3. The lowest BCUT2D eigenvalue weighted by atomic mass is 9.98. The van der Waals surface area contributed by atoms with Crippen molar-refractivity contribution in [3.63, 3.8) is 0 Å². The van der Waals surface area contributed by atoms with E-state index in [-0.39, 0.29) is 0 Å². The molecule has 0 heterocycles. The molecule has 0 aromatic heterocycles. The van der Waals surface area contributed by atoms with Crippen LogP contribution < -0.4 is 10.1 Å². The largest absolute Gasteiger partial charge is 0.492 e. The average Bonchev–Trinajstić information content (AvgIpc) is 2.34. The summed E-state index contributed by atoms with van der Waals surface area (Å²) in [6.07, 6.45) is 0. The highest BCUT2D eigenvalue weighted by Crippen LogP contribution is 2.23. The third-order valence-corrected chi connectivity index (χ3v) is 3.34. The zero-order valence-electron chi connectivity index (χ0n) is 13.0. The molecule has 1 aromatic rings. The van der Waals surface area contributed by atoms with E-state index in [2.05, 4.69) is 32.2 Å². The molecule has 0 atom stereocenters. The highest BCUT2D eigenvalue weighted by molar-refractivity contribution is 5.77. The van der Waals surface area contributed by atoms with Gasteiger partial charge in [-0.2, -0.15) is 0 Å². The first-order chi connectivity index (χ1) is 9.24. The number of carboxylic acids is 1. The summed E-state index contributed by atoms with van der Waals surface area (Å²) in [6, 6.07) is 6.08. The summed E-state index contributed by atoms with van der Waals surface area (Å²) in [5.74, 6) is 0.457. The lowest BCUT2D eigenvalue weighted by Crippen LogP contribution is -2.48. The standard InChI is InChI=1S/C16H25NO3/c1-11(2)14-7-6-13(10-12(14)3)20-9-8-17-16(4,5)15(18)19/h6-7,10-11,17H,8-9H2,1-5H3,(H,18,19). The highest BCUT2D eigenvalue weighted by atomic mass is 16.5. The van der Waals surface area contributed by atoms with Crippen molar-refractivity contribution in [1.82, 2.24) is 5.32 Å². The summed E-state index contributed by atoms with van der Waals surface area (Å²) in [5, 5.41) is 11.9. The van der Waals surface area contributed by atoms with Crippen molar-refractivity contribution in [1.29, 1.82) is 0 Å². The minimum atomic E-state index is -0.930. The van der Waals surface area contributed by atoms with Crippen molar-refractivity contribution in [3.8, 4) is 5.75 Å². The molecule has 0 fully saturated rings. The van der Waals surface area contributed by atoms with Crippen molar-refractivity contribution in [3.05, 3.63) is 29.3 Å². The number of rotatable bonds is 7. The van der Waals surface area contributed by atoms with Gasteiger partial charge in [0.2, 0.25) is 0 Å². The van der Waals surface area contributed by atoms with Crippen LogP contribution in [0, 0.1) is 6.92 Å². The summed E-state index contributed by atoms with van der Waals surface area (Å²) in [5.41, 5.74) is 1.61. The normalized spacial score (nSPS) is 11.7. The van der Waals surface area contributed by atoms with Crippen LogP contribution in [0.15, 0.2) is 18.2 Å². The molecule has 4 heteroatoms. The summed E-state index contributed by atoms with van der Waals surface area (Å²) >= 11 is 0. The SMILES string of the molecule is Cc1cc(OCCNC(C)(C)C(=O)O)ccc1C(C)C. The van der Waals surface area contributed by atoms with Gasteiger partial charge in [0.1, 0.15) is 17.9 Å². The van der Waals surface area contributed by atoms with E-state index in [1.165, 1.54) is 11.1 Å². The molecule has 0 saturated heterocycles. The van der Waals surface area contributed by atoms with Gasteiger partial charge in [0.25, 0.3) is 0 Å². The third-order valence-electron chi connectivity index (χ3n) is 3.34. The van der Waals surface area contributed by atoms with E-state index < -0.39 is 11.5 Å². The van der Waals surface area contributed by atoms with Crippen LogP contribution in [0.5, 0.6) is 5.75 Å². The first kappa shape index (κ1) is 16.5. The molecule has 0 spiro atoms. The fraction of sp³-hybridized carbons (Fsp3) is 0.562. The van der Waals surface area contributed by atoms with Crippen LogP contribution in [0.1, 0.15) is 44.7 Å². The Hall–Kier alpha value is -1.55. The minimum Gasteiger partial charge on any atom is -0.492 e. The predicted molar refractivity (Wildman–Crippen MR) is 80.5 cm³/mol. The van der Waals surface area contributed by atoms with Crippen molar-refractivity contribution in [2.75, 3.05) is 13.2 Å². The van der Waals surface area contributed by atoms with Gasteiger partial charge in [0.05, 0.1) is 0 Å². The smallest absolute Gasteiger partial charge is 0.323 e. The highest BCUT2D eigenvalue weighted by Gasteiger charge is 2.25. The fourth-order valence-electron chi connectivity index (χ4n) is 1.99. The maximum absolute atomic E-state index is 10.9. The number of nitrogens with one attached hydrogen (secondary N) is 1. The number of carboxylic acid groups (broad SMARTS) is 1. The first-order valence-corrected chi connectivity index (χ1v) is 6.96. The van der Waals surface area contributed by atoms with Crippen LogP contribution in [-0.2, 0) is 4.79 Å². The molecule has 0 bridgehead atoms. The van der Waals surface area contributed by atoms with Crippen LogP contribution in [-0.4, -0.2) is 29.8 Å². The molecule has 1 aromatic carbocycles.